The van der Waals surface area contributed by atoms with E-state index in [1.54, 1.807) is 4.90 Å². The van der Waals surface area contributed by atoms with Crippen LogP contribution >= 0.6 is 11.6 Å². The second-order valence-electron chi connectivity index (χ2n) is 6.19. The van der Waals surface area contributed by atoms with Gasteiger partial charge in [0.15, 0.2) is 6.10 Å². The van der Waals surface area contributed by atoms with Gasteiger partial charge in [-0.15, -0.1) is 0 Å². The maximum atomic E-state index is 12.8. The first-order valence-corrected chi connectivity index (χ1v) is 8.80. The summed E-state index contributed by atoms with van der Waals surface area (Å²) in [6.45, 7) is 2.03. The third-order valence-corrected chi connectivity index (χ3v) is 4.71. The van der Waals surface area contributed by atoms with Crippen LogP contribution in [-0.4, -0.2) is 29.4 Å². The molecule has 1 amide bonds. The number of anilines is 1. The number of rotatable bonds is 4. The van der Waals surface area contributed by atoms with Crippen molar-refractivity contribution in [2.45, 2.75) is 25.9 Å². The van der Waals surface area contributed by atoms with E-state index in [9.17, 15) is 19.7 Å². The van der Waals surface area contributed by atoms with Crippen molar-refractivity contribution in [2.24, 2.45) is 0 Å². The number of hydrogen-bond acceptors (Lipinski definition) is 5. The number of carbonyl (C=O) groups excluding carboxylic acids is 2. The third kappa shape index (κ3) is 3.93. The third-order valence-electron chi connectivity index (χ3n) is 4.39. The largest absolute Gasteiger partial charge is 0.449 e. The number of nitro benzene ring substituents is 1. The van der Waals surface area contributed by atoms with Gasteiger partial charge in [0, 0.05) is 18.3 Å². The Kier molecular flexibility index (Phi) is 5.41. The fraction of sp³-hybridized carbons (Fsp3) is 0.263. The summed E-state index contributed by atoms with van der Waals surface area (Å²) in [5, 5.41) is 10.9. The summed E-state index contributed by atoms with van der Waals surface area (Å²) in [6, 6.07) is 11.2. The normalized spacial score (nSPS) is 14.2. The second-order valence-corrected chi connectivity index (χ2v) is 6.60. The summed E-state index contributed by atoms with van der Waals surface area (Å²) in [5.74, 6) is -1.15. The van der Waals surface area contributed by atoms with E-state index < -0.39 is 22.7 Å². The minimum atomic E-state index is -1.03. The molecule has 0 N–H and O–H groups in total. The van der Waals surface area contributed by atoms with Crippen LogP contribution in [0.2, 0.25) is 5.02 Å². The zero-order valence-electron chi connectivity index (χ0n) is 14.6. The second kappa shape index (κ2) is 7.75. The van der Waals surface area contributed by atoms with Crippen molar-refractivity contribution in [3.63, 3.8) is 0 Å². The number of aryl methyl sites for hydroxylation is 1. The average Bonchev–Trinajstić information content (AvgIpc) is 2.66. The fourth-order valence-electron chi connectivity index (χ4n) is 3.04. The predicted octanol–water partition coefficient (Wildman–Crippen LogP) is 3.77. The first kappa shape index (κ1) is 18.8. The van der Waals surface area contributed by atoms with E-state index in [1.165, 1.54) is 19.1 Å². The van der Waals surface area contributed by atoms with Gasteiger partial charge in [-0.25, -0.2) is 4.79 Å². The van der Waals surface area contributed by atoms with Crippen molar-refractivity contribution in [1.29, 1.82) is 0 Å². The van der Waals surface area contributed by atoms with Gasteiger partial charge in [0.05, 0.1) is 10.5 Å². The molecule has 27 heavy (non-hydrogen) atoms. The lowest BCUT2D eigenvalue weighted by molar-refractivity contribution is -0.384. The van der Waals surface area contributed by atoms with Gasteiger partial charge in [-0.2, -0.15) is 0 Å². The highest BCUT2D eigenvalue weighted by Crippen LogP contribution is 2.28. The number of ether oxygens (including phenoxy) is 1. The number of hydrogen-bond donors (Lipinski definition) is 0. The molecule has 0 aliphatic carbocycles. The number of nitro groups is 1. The molecule has 2 aromatic carbocycles. The summed E-state index contributed by atoms with van der Waals surface area (Å²) < 4.78 is 5.25. The van der Waals surface area contributed by atoms with Crippen LogP contribution in [0.3, 0.4) is 0 Å². The van der Waals surface area contributed by atoms with Gasteiger partial charge in [0.2, 0.25) is 0 Å². The Balaban J connectivity index is 1.75. The van der Waals surface area contributed by atoms with Crippen LogP contribution in [0.25, 0.3) is 0 Å². The topological polar surface area (TPSA) is 89.7 Å². The Bertz CT molecular complexity index is 915. The van der Waals surface area contributed by atoms with Crippen molar-refractivity contribution in [3.8, 4) is 0 Å². The molecule has 0 fully saturated rings. The van der Waals surface area contributed by atoms with Gasteiger partial charge >= 0.3 is 5.97 Å². The number of esters is 1. The lowest BCUT2D eigenvalue weighted by Gasteiger charge is -2.31. The number of carbonyl (C=O) groups is 2. The quantitative estimate of drug-likeness (QED) is 0.451. The van der Waals surface area contributed by atoms with Crippen molar-refractivity contribution in [2.75, 3.05) is 11.4 Å². The number of amides is 1. The Morgan fingerprint density at radius 2 is 2.00 bits per heavy atom. The van der Waals surface area contributed by atoms with Crippen LogP contribution in [0, 0.1) is 10.1 Å². The molecule has 0 radical (unpaired) electrons. The Morgan fingerprint density at radius 3 is 2.74 bits per heavy atom. The van der Waals surface area contributed by atoms with Crippen molar-refractivity contribution < 1.29 is 19.2 Å². The maximum Gasteiger partial charge on any atom is 0.339 e. The number of halogens is 1. The van der Waals surface area contributed by atoms with Crippen molar-refractivity contribution >= 4 is 34.9 Å². The van der Waals surface area contributed by atoms with E-state index in [2.05, 4.69) is 0 Å². The lowest BCUT2D eigenvalue weighted by Crippen LogP contribution is -2.42. The summed E-state index contributed by atoms with van der Waals surface area (Å²) in [7, 11) is 0. The van der Waals surface area contributed by atoms with Gasteiger partial charge in [-0.05, 0) is 43.5 Å². The maximum absolute atomic E-state index is 12.8. The fourth-order valence-corrected chi connectivity index (χ4v) is 3.23. The molecule has 1 aliphatic heterocycles. The van der Waals surface area contributed by atoms with Crippen molar-refractivity contribution in [3.05, 3.63) is 68.7 Å². The summed E-state index contributed by atoms with van der Waals surface area (Å²) in [5.41, 5.74) is 1.46. The van der Waals surface area contributed by atoms with Crippen LogP contribution in [0.4, 0.5) is 11.4 Å². The zero-order chi connectivity index (χ0) is 19.6. The molecule has 1 atom stereocenters. The molecular weight excluding hydrogens is 372 g/mol. The van der Waals surface area contributed by atoms with Gasteiger partial charge in [-0.1, -0.05) is 29.8 Å². The molecule has 140 valence electrons. The molecule has 8 heteroatoms. The SMILES string of the molecule is CC(OC(=O)c1ccc(Cl)c([N+](=O)[O-])c1)C(=O)N1CCCc2ccccc21. The van der Waals surface area contributed by atoms with E-state index in [-0.39, 0.29) is 16.5 Å². The van der Waals surface area contributed by atoms with Crippen LogP contribution in [-0.2, 0) is 16.0 Å². The Labute approximate surface area is 160 Å². The molecule has 1 heterocycles. The number of nitrogens with zero attached hydrogens (tertiary/aromatic N) is 2. The van der Waals surface area contributed by atoms with E-state index in [4.69, 9.17) is 16.3 Å². The summed E-state index contributed by atoms with van der Waals surface area (Å²) >= 11 is 5.75. The summed E-state index contributed by atoms with van der Waals surface area (Å²) in [4.78, 5) is 37.0. The minimum Gasteiger partial charge on any atom is -0.449 e. The monoisotopic (exact) mass is 388 g/mol. The van der Waals surface area contributed by atoms with Gasteiger partial charge < -0.3 is 9.64 Å². The van der Waals surface area contributed by atoms with Gasteiger partial charge in [0.1, 0.15) is 5.02 Å². The number of fused-ring (bicyclic) bond motifs is 1. The minimum absolute atomic E-state index is 0.0372. The van der Waals surface area contributed by atoms with Gasteiger partial charge in [-0.3, -0.25) is 14.9 Å². The highest BCUT2D eigenvalue weighted by Gasteiger charge is 2.29. The van der Waals surface area contributed by atoms with Crippen LogP contribution < -0.4 is 4.90 Å². The van der Waals surface area contributed by atoms with Gasteiger partial charge in [0.25, 0.3) is 11.6 Å². The molecule has 0 spiro atoms. The van der Waals surface area contributed by atoms with E-state index in [1.807, 2.05) is 24.3 Å². The average molecular weight is 389 g/mol. The zero-order valence-corrected chi connectivity index (χ0v) is 15.3. The standard InChI is InChI=1S/C19H17ClN2O5/c1-12(18(23)21-10-4-6-13-5-2-3-7-16(13)21)27-19(24)14-8-9-15(20)17(11-14)22(25)26/h2-3,5,7-9,11-12H,4,6,10H2,1H3. The van der Waals surface area contributed by atoms with E-state index in [0.717, 1.165) is 30.2 Å². The molecule has 0 aromatic heterocycles. The first-order valence-electron chi connectivity index (χ1n) is 8.42. The molecule has 1 aliphatic rings. The molecular formula is C19H17ClN2O5. The first-order chi connectivity index (χ1) is 12.9. The number of para-hydroxylation sites is 1. The predicted molar refractivity (Wildman–Crippen MR) is 100 cm³/mol. The molecule has 0 saturated heterocycles. The Morgan fingerprint density at radius 1 is 1.26 bits per heavy atom. The Hall–Kier alpha value is -2.93. The molecule has 0 saturated carbocycles. The molecule has 2 aromatic rings. The van der Waals surface area contributed by atoms with Crippen LogP contribution in [0.15, 0.2) is 42.5 Å². The molecule has 1 unspecified atom stereocenters. The molecule has 0 bridgehead atoms. The highest BCUT2D eigenvalue weighted by molar-refractivity contribution is 6.32. The van der Waals surface area contributed by atoms with E-state index >= 15 is 0 Å². The summed E-state index contributed by atoms with van der Waals surface area (Å²) in [6.07, 6.45) is 0.688. The van der Waals surface area contributed by atoms with E-state index in [0.29, 0.717) is 6.54 Å². The van der Waals surface area contributed by atoms with Crippen molar-refractivity contribution in [1.82, 2.24) is 0 Å². The van der Waals surface area contributed by atoms with Crippen LogP contribution in [0.1, 0.15) is 29.3 Å². The smallest absolute Gasteiger partial charge is 0.339 e. The van der Waals surface area contributed by atoms with Crippen LogP contribution in [0.5, 0.6) is 0 Å². The number of benzene rings is 2. The molecule has 7 nitrogen and oxygen atoms in total. The highest BCUT2D eigenvalue weighted by atomic mass is 35.5. The lowest BCUT2D eigenvalue weighted by atomic mass is 10.0. The molecule has 3 rings (SSSR count).